The minimum Gasteiger partial charge on any atom is -0.480 e. The molecule has 1 unspecified atom stereocenters. The monoisotopic (exact) mass is 278 g/mol. The molecule has 0 spiro atoms. The van der Waals surface area contributed by atoms with E-state index < -0.39 is 12.0 Å². The molecule has 0 saturated heterocycles. The smallest absolute Gasteiger partial charge is 0.326 e. The summed E-state index contributed by atoms with van der Waals surface area (Å²) in [5, 5.41) is 11.4. The first kappa shape index (κ1) is 15.7. The molecule has 1 atom stereocenters. The minimum absolute atomic E-state index is 0.0622. The quantitative estimate of drug-likeness (QED) is 0.803. The lowest BCUT2D eigenvalue weighted by atomic mass is 10.2. The van der Waals surface area contributed by atoms with Gasteiger partial charge in [-0.05, 0) is 19.1 Å². The van der Waals surface area contributed by atoms with Gasteiger partial charge in [-0.3, -0.25) is 9.59 Å². The van der Waals surface area contributed by atoms with Crippen LogP contribution in [0.4, 0.5) is 0 Å². The van der Waals surface area contributed by atoms with Crippen molar-refractivity contribution in [3.63, 3.8) is 0 Å². The van der Waals surface area contributed by atoms with E-state index in [2.05, 4.69) is 5.32 Å². The minimum atomic E-state index is -1.06. The van der Waals surface area contributed by atoms with E-state index in [0.29, 0.717) is 5.56 Å². The van der Waals surface area contributed by atoms with E-state index in [1.807, 2.05) is 6.07 Å². The number of carboxylic acid groups (broad SMARTS) is 1. The van der Waals surface area contributed by atoms with Crippen molar-refractivity contribution in [3.8, 4) is 0 Å². The van der Waals surface area contributed by atoms with E-state index in [4.69, 9.17) is 5.11 Å². The molecule has 0 aliphatic carbocycles. The molecule has 0 aliphatic heterocycles. The Hall–Kier alpha value is -2.37. The second-order valence-corrected chi connectivity index (χ2v) is 4.39. The van der Waals surface area contributed by atoms with Crippen molar-refractivity contribution in [2.75, 3.05) is 13.6 Å². The van der Waals surface area contributed by atoms with Crippen LogP contribution in [-0.2, 0) is 9.59 Å². The van der Waals surface area contributed by atoms with Gasteiger partial charge in [0.1, 0.15) is 6.04 Å². The van der Waals surface area contributed by atoms with Gasteiger partial charge in [0.25, 0.3) is 5.91 Å². The zero-order valence-electron chi connectivity index (χ0n) is 11.5. The number of hydrogen-bond acceptors (Lipinski definition) is 3. The maximum Gasteiger partial charge on any atom is 0.326 e. The lowest BCUT2D eigenvalue weighted by molar-refractivity contribution is -0.148. The van der Waals surface area contributed by atoms with Crippen molar-refractivity contribution in [1.82, 2.24) is 10.2 Å². The number of benzene rings is 1. The Morgan fingerprint density at radius 1 is 1.25 bits per heavy atom. The van der Waals surface area contributed by atoms with Crippen LogP contribution >= 0.6 is 0 Å². The standard InChI is InChI=1S/C14H18N2O4/c1-10(14(19)20)16(2)12(17)8-9-15-13(18)11-6-4-3-5-7-11/h3-7,10H,8-9H2,1-2H3,(H,15,18)(H,19,20). The highest BCUT2D eigenvalue weighted by Gasteiger charge is 2.21. The normalized spacial score (nSPS) is 11.5. The van der Waals surface area contributed by atoms with Gasteiger partial charge in [0.05, 0.1) is 0 Å². The van der Waals surface area contributed by atoms with Crippen molar-refractivity contribution in [2.24, 2.45) is 0 Å². The first-order valence-corrected chi connectivity index (χ1v) is 6.25. The molecular weight excluding hydrogens is 260 g/mol. The summed E-state index contributed by atoms with van der Waals surface area (Å²) in [6.07, 6.45) is 0.0622. The topological polar surface area (TPSA) is 86.7 Å². The van der Waals surface area contributed by atoms with Crippen molar-refractivity contribution >= 4 is 17.8 Å². The first-order chi connectivity index (χ1) is 9.43. The van der Waals surface area contributed by atoms with Crippen molar-refractivity contribution in [2.45, 2.75) is 19.4 Å². The van der Waals surface area contributed by atoms with Crippen LogP contribution in [0.25, 0.3) is 0 Å². The summed E-state index contributed by atoms with van der Waals surface area (Å²) in [4.78, 5) is 35.3. The highest BCUT2D eigenvalue weighted by molar-refractivity contribution is 5.94. The average Bonchev–Trinajstić information content (AvgIpc) is 2.46. The number of amides is 2. The van der Waals surface area contributed by atoms with Gasteiger partial charge in [-0.15, -0.1) is 0 Å². The molecule has 0 bridgehead atoms. The SMILES string of the molecule is CC(C(=O)O)N(C)C(=O)CCNC(=O)c1ccccc1. The summed E-state index contributed by atoms with van der Waals surface area (Å²) >= 11 is 0. The van der Waals surface area contributed by atoms with Gasteiger partial charge in [-0.25, -0.2) is 4.79 Å². The Kier molecular flexibility index (Phi) is 5.71. The average molecular weight is 278 g/mol. The van der Waals surface area contributed by atoms with Crippen LogP contribution < -0.4 is 5.32 Å². The predicted molar refractivity (Wildman–Crippen MR) is 73.3 cm³/mol. The summed E-state index contributed by atoms with van der Waals surface area (Å²) in [7, 11) is 1.43. The first-order valence-electron chi connectivity index (χ1n) is 6.25. The number of hydrogen-bond donors (Lipinski definition) is 2. The molecule has 0 fully saturated rings. The number of nitrogens with one attached hydrogen (secondary N) is 1. The second kappa shape index (κ2) is 7.28. The molecule has 20 heavy (non-hydrogen) atoms. The van der Waals surface area contributed by atoms with Crippen LogP contribution in [0.5, 0.6) is 0 Å². The van der Waals surface area contributed by atoms with E-state index in [-0.39, 0.29) is 24.8 Å². The summed E-state index contributed by atoms with van der Waals surface area (Å²) < 4.78 is 0. The Balaban J connectivity index is 2.39. The summed E-state index contributed by atoms with van der Waals surface area (Å²) in [6.45, 7) is 1.60. The van der Waals surface area contributed by atoms with E-state index >= 15 is 0 Å². The summed E-state index contributed by atoms with van der Waals surface area (Å²) in [6, 6.07) is 7.78. The van der Waals surface area contributed by atoms with Crippen LogP contribution in [0.1, 0.15) is 23.7 Å². The Morgan fingerprint density at radius 3 is 2.40 bits per heavy atom. The molecule has 1 aromatic carbocycles. The van der Waals surface area contributed by atoms with E-state index in [1.54, 1.807) is 24.3 Å². The fourth-order valence-electron chi connectivity index (χ4n) is 1.53. The zero-order chi connectivity index (χ0) is 15.1. The Labute approximate surface area is 117 Å². The molecule has 0 saturated carbocycles. The highest BCUT2D eigenvalue weighted by Crippen LogP contribution is 2.00. The van der Waals surface area contributed by atoms with Crippen LogP contribution in [0.15, 0.2) is 30.3 Å². The molecule has 0 radical (unpaired) electrons. The molecule has 6 heteroatoms. The molecule has 1 aromatic rings. The van der Waals surface area contributed by atoms with E-state index in [9.17, 15) is 14.4 Å². The third-order valence-corrected chi connectivity index (χ3v) is 2.99. The van der Waals surface area contributed by atoms with Gasteiger partial charge in [-0.2, -0.15) is 0 Å². The largest absolute Gasteiger partial charge is 0.480 e. The molecular formula is C14H18N2O4. The zero-order valence-corrected chi connectivity index (χ0v) is 11.5. The van der Waals surface area contributed by atoms with E-state index in [0.717, 1.165) is 4.90 Å². The Morgan fingerprint density at radius 2 is 1.85 bits per heavy atom. The molecule has 0 aliphatic rings. The molecule has 1 rings (SSSR count). The molecule has 0 heterocycles. The fourth-order valence-corrected chi connectivity index (χ4v) is 1.53. The number of rotatable bonds is 6. The lowest BCUT2D eigenvalue weighted by Gasteiger charge is -2.21. The van der Waals surface area contributed by atoms with Gasteiger partial charge in [0, 0.05) is 25.6 Å². The van der Waals surface area contributed by atoms with Gasteiger partial charge in [0.2, 0.25) is 5.91 Å². The van der Waals surface area contributed by atoms with Crippen molar-refractivity contribution in [3.05, 3.63) is 35.9 Å². The number of nitrogens with zero attached hydrogens (tertiary/aromatic N) is 1. The van der Waals surface area contributed by atoms with Crippen molar-refractivity contribution in [1.29, 1.82) is 0 Å². The molecule has 2 N–H and O–H groups in total. The molecule has 6 nitrogen and oxygen atoms in total. The number of carboxylic acids is 1. The predicted octanol–water partition coefficient (Wildman–Crippen LogP) is 0.738. The third kappa shape index (κ3) is 4.38. The van der Waals surface area contributed by atoms with Gasteiger partial charge in [0.15, 0.2) is 0 Å². The van der Waals surface area contributed by atoms with E-state index in [1.165, 1.54) is 14.0 Å². The van der Waals surface area contributed by atoms with Crippen molar-refractivity contribution < 1.29 is 19.5 Å². The maximum atomic E-state index is 11.7. The highest BCUT2D eigenvalue weighted by atomic mass is 16.4. The number of carbonyl (C=O) groups is 3. The van der Waals surface area contributed by atoms with Gasteiger partial charge < -0.3 is 15.3 Å². The Bertz CT molecular complexity index is 487. The van der Waals surface area contributed by atoms with Crippen LogP contribution in [-0.4, -0.2) is 47.4 Å². The maximum absolute atomic E-state index is 11.7. The van der Waals surface area contributed by atoms with Gasteiger partial charge >= 0.3 is 5.97 Å². The molecule has 108 valence electrons. The third-order valence-electron chi connectivity index (χ3n) is 2.99. The van der Waals surface area contributed by atoms with Crippen LogP contribution in [0.2, 0.25) is 0 Å². The summed E-state index contributed by atoms with van der Waals surface area (Å²) in [5.74, 6) is -1.64. The number of likely N-dealkylation sites (N-methyl/N-ethyl adjacent to an activating group) is 1. The van der Waals surface area contributed by atoms with Crippen LogP contribution in [0.3, 0.4) is 0 Å². The second-order valence-electron chi connectivity index (χ2n) is 4.39. The number of carbonyl (C=O) groups excluding carboxylic acids is 2. The van der Waals surface area contributed by atoms with Gasteiger partial charge in [-0.1, -0.05) is 18.2 Å². The molecule has 2 amide bonds. The number of aliphatic carboxylic acids is 1. The fraction of sp³-hybridized carbons (Fsp3) is 0.357. The lowest BCUT2D eigenvalue weighted by Crippen LogP contribution is -2.41. The molecule has 0 aromatic heterocycles. The van der Waals surface area contributed by atoms with Crippen LogP contribution in [0, 0.1) is 0 Å². The summed E-state index contributed by atoms with van der Waals surface area (Å²) in [5.41, 5.74) is 0.521.